The molecule has 0 bridgehead atoms. The zero-order valence-corrected chi connectivity index (χ0v) is 14.5. The van der Waals surface area contributed by atoms with Crippen molar-refractivity contribution >= 4 is 64.6 Å². The fourth-order valence-electron chi connectivity index (χ4n) is 1.67. The highest BCUT2D eigenvalue weighted by Gasteiger charge is 2.12. The SMILES string of the molecule is O=COCSC(=S)c1cc(S)c(Cl)cc1NCc1ccco1. The number of nitrogens with one attached hydrogen (secondary N) is 1. The third-order valence-electron chi connectivity index (χ3n) is 2.67. The quantitative estimate of drug-likeness (QED) is 0.247. The van der Waals surface area contributed by atoms with Gasteiger partial charge in [0.15, 0.2) is 0 Å². The largest absolute Gasteiger partial charge is 0.467 e. The van der Waals surface area contributed by atoms with Gasteiger partial charge in [-0.2, -0.15) is 0 Å². The van der Waals surface area contributed by atoms with Crippen molar-refractivity contribution in [2.24, 2.45) is 0 Å². The molecule has 8 heteroatoms. The van der Waals surface area contributed by atoms with E-state index in [4.69, 9.17) is 28.2 Å². The summed E-state index contributed by atoms with van der Waals surface area (Å²) >= 11 is 17.0. The molecule has 0 saturated heterocycles. The molecule has 0 fully saturated rings. The summed E-state index contributed by atoms with van der Waals surface area (Å²) in [6.07, 6.45) is 1.61. The van der Waals surface area contributed by atoms with Crippen LogP contribution in [0.25, 0.3) is 0 Å². The molecule has 1 heterocycles. The van der Waals surface area contributed by atoms with Gasteiger partial charge in [0.05, 0.1) is 22.0 Å². The van der Waals surface area contributed by atoms with Crippen molar-refractivity contribution in [3.8, 4) is 0 Å². The maximum atomic E-state index is 10.2. The normalized spacial score (nSPS) is 10.3. The molecule has 0 aliphatic heterocycles. The molecule has 0 unspecified atom stereocenters. The van der Waals surface area contributed by atoms with Crippen LogP contribution >= 0.6 is 48.2 Å². The highest BCUT2D eigenvalue weighted by molar-refractivity contribution is 8.23. The highest BCUT2D eigenvalue weighted by Crippen LogP contribution is 2.31. The molecule has 1 aromatic heterocycles. The van der Waals surface area contributed by atoms with Crippen LogP contribution in [-0.4, -0.2) is 16.6 Å². The van der Waals surface area contributed by atoms with E-state index < -0.39 is 0 Å². The number of carbonyl (C=O) groups excluding carboxylic acids is 1. The van der Waals surface area contributed by atoms with Crippen LogP contribution in [0, 0.1) is 0 Å². The number of thioether (sulfide) groups is 1. The van der Waals surface area contributed by atoms with E-state index >= 15 is 0 Å². The number of thiol groups is 1. The Morgan fingerprint density at radius 1 is 1.55 bits per heavy atom. The van der Waals surface area contributed by atoms with E-state index in [-0.39, 0.29) is 5.94 Å². The predicted octanol–water partition coefficient (Wildman–Crippen LogP) is 4.37. The third-order valence-corrected chi connectivity index (χ3v) is 4.79. The van der Waals surface area contributed by atoms with Crippen molar-refractivity contribution in [1.82, 2.24) is 0 Å². The topological polar surface area (TPSA) is 51.5 Å². The van der Waals surface area contributed by atoms with Gasteiger partial charge in [-0.3, -0.25) is 4.79 Å². The molecular formula is C14H12ClNO3S3. The number of hydrogen-bond donors (Lipinski definition) is 2. The summed E-state index contributed by atoms with van der Waals surface area (Å²) in [7, 11) is 0. The second kappa shape index (κ2) is 8.47. The first-order valence-electron chi connectivity index (χ1n) is 6.13. The summed E-state index contributed by atoms with van der Waals surface area (Å²) in [4.78, 5) is 10.8. The molecule has 0 aliphatic carbocycles. The second-order valence-corrected chi connectivity index (χ2v) is 6.58. The second-order valence-electron chi connectivity index (χ2n) is 4.09. The Morgan fingerprint density at radius 2 is 2.36 bits per heavy atom. The van der Waals surface area contributed by atoms with Gasteiger partial charge in [-0.1, -0.05) is 35.6 Å². The minimum atomic E-state index is 0.157. The van der Waals surface area contributed by atoms with Crippen LogP contribution in [-0.2, 0) is 16.1 Å². The fourth-order valence-corrected chi connectivity index (χ4v) is 2.89. The first kappa shape index (κ1) is 17.2. The van der Waals surface area contributed by atoms with Crippen molar-refractivity contribution in [3.05, 3.63) is 46.9 Å². The maximum Gasteiger partial charge on any atom is 0.293 e. The maximum absolute atomic E-state index is 10.2. The van der Waals surface area contributed by atoms with Gasteiger partial charge in [0.1, 0.15) is 11.7 Å². The predicted molar refractivity (Wildman–Crippen MR) is 96.0 cm³/mol. The van der Waals surface area contributed by atoms with Gasteiger partial charge < -0.3 is 14.5 Å². The van der Waals surface area contributed by atoms with E-state index in [1.807, 2.05) is 12.1 Å². The van der Waals surface area contributed by atoms with Gasteiger partial charge in [0, 0.05) is 16.1 Å². The zero-order chi connectivity index (χ0) is 15.9. The molecule has 1 aromatic carbocycles. The van der Waals surface area contributed by atoms with E-state index in [1.165, 1.54) is 11.8 Å². The van der Waals surface area contributed by atoms with Crippen LogP contribution in [0.15, 0.2) is 39.8 Å². The lowest BCUT2D eigenvalue weighted by Crippen LogP contribution is -2.05. The molecule has 0 saturated carbocycles. The molecule has 0 amide bonds. The number of benzene rings is 1. The molecule has 2 aromatic rings. The summed E-state index contributed by atoms with van der Waals surface area (Å²) in [5, 5.41) is 3.75. The monoisotopic (exact) mass is 373 g/mol. The number of rotatable bonds is 7. The lowest BCUT2D eigenvalue weighted by atomic mass is 10.2. The van der Waals surface area contributed by atoms with Crippen LogP contribution < -0.4 is 5.32 Å². The van der Waals surface area contributed by atoms with Crippen LogP contribution in [0.2, 0.25) is 5.02 Å². The van der Waals surface area contributed by atoms with E-state index in [0.29, 0.717) is 27.1 Å². The standard InChI is InChI=1S/C14H12ClNO3S3/c15-11-5-12(16-6-9-2-1-3-19-9)10(4-13(11)20)14(21)22-8-18-7-17/h1-5,7,16,20H,6,8H2. The first-order valence-corrected chi connectivity index (χ1v) is 8.35. The molecule has 2 rings (SSSR count). The number of thiocarbonyl (C=S) groups is 1. The average molecular weight is 374 g/mol. The molecule has 22 heavy (non-hydrogen) atoms. The Hall–Kier alpha value is -1.15. The van der Waals surface area contributed by atoms with Crippen molar-refractivity contribution < 1.29 is 13.9 Å². The number of anilines is 1. The molecule has 4 nitrogen and oxygen atoms in total. The fraction of sp³-hybridized carbons (Fsp3) is 0.143. The molecule has 1 N–H and O–H groups in total. The third kappa shape index (κ3) is 4.67. The number of hydrogen-bond acceptors (Lipinski definition) is 7. The lowest BCUT2D eigenvalue weighted by molar-refractivity contribution is -0.126. The van der Waals surface area contributed by atoms with E-state index in [2.05, 4.69) is 22.7 Å². The molecule has 0 aliphatic rings. The number of halogens is 1. The Balaban J connectivity index is 2.17. The van der Waals surface area contributed by atoms with Crippen LogP contribution in [0.5, 0.6) is 0 Å². The summed E-state index contributed by atoms with van der Waals surface area (Å²) in [5.74, 6) is 0.949. The molecule has 0 atom stereocenters. The zero-order valence-electron chi connectivity index (χ0n) is 11.2. The van der Waals surface area contributed by atoms with Crippen LogP contribution in [0.1, 0.15) is 11.3 Å². The van der Waals surface area contributed by atoms with Crippen LogP contribution in [0.4, 0.5) is 5.69 Å². The molecule has 0 spiro atoms. The summed E-state index contributed by atoms with van der Waals surface area (Å²) in [5.41, 5.74) is 1.54. The van der Waals surface area contributed by atoms with Gasteiger partial charge in [-0.15, -0.1) is 12.6 Å². The Bertz CT molecular complexity index is 662. The van der Waals surface area contributed by atoms with Gasteiger partial charge >= 0.3 is 0 Å². The van der Waals surface area contributed by atoms with Gasteiger partial charge in [-0.25, -0.2) is 0 Å². The van der Waals surface area contributed by atoms with Crippen molar-refractivity contribution in [3.63, 3.8) is 0 Å². The molecule has 116 valence electrons. The minimum Gasteiger partial charge on any atom is -0.467 e. The Labute approximate surface area is 148 Å². The van der Waals surface area contributed by atoms with Crippen molar-refractivity contribution in [1.29, 1.82) is 0 Å². The van der Waals surface area contributed by atoms with Gasteiger partial charge in [0.2, 0.25) is 0 Å². The minimum absolute atomic E-state index is 0.157. The first-order chi connectivity index (χ1) is 10.6. The Kier molecular flexibility index (Phi) is 6.63. The smallest absolute Gasteiger partial charge is 0.293 e. The van der Waals surface area contributed by atoms with E-state index in [1.54, 1.807) is 18.4 Å². The van der Waals surface area contributed by atoms with E-state index in [9.17, 15) is 4.79 Å². The van der Waals surface area contributed by atoms with E-state index in [0.717, 1.165) is 17.0 Å². The molecule has 0 radical (unpaired) electrons. The van der Waals surface area contributed by atoms with Crippen molar-refractivity contribution in [2.75, 3.05) is 11.3 Å². The molecular weight excluding hydrogens is 362 g/mol. The number of furan rings is 1. The van der Waals surface area contributed by atoms with Gasteiger partial charge in [0.25, 0.3) is 6.47 Å². The summed E-state index contributed by atoms with van der Waals surface area (Å²) in [6.45, 7) is 0.887. The highest BCUT2D eigenvalue weighted by atomic mass is 35.5. The number of ether oxygens (including phenoxy) is 1. The average Bonchev–Trinajstić information content (AvgIpc) is 3.01. The lowest BCUT2D eigenvalue weighted by Gasteiger charge is -2.13. The van der Waals surface area contributed by atoms with Crippen LogP contribution in [0.3, 0.4) is 0 Å². The Morgan fingerprint density at radius 3 is 3.05 bits per heavy atom. The van der Waals surface area contributed by atoms with Crippen molar-refractivity contribution in [2.45, 2.75) is 11.4 Å². The number of carbonyl (C=O) groups is 1. The van der Waals surface area contributed by atoms with Gasteiger partial charge in [-0.05, 0) is 24.3 Å². The summed E-state index contributed by atoms with van der Waals surface area (Å²) in [6, 6.07) is 7.23. The summed E-state index contributed by atoms with van der Waals surface area (Å²) < 4.78 is 10.5.